The predicted molar refractivity (Wildman–Crippen MR) is 97.9 cm³/mol. The fraction of sp³-hybridized carbons (Fsp3) is 0.150. The van der Waals surface area contributed by atoms with Crippen LogP contribution in [0.25, 0.3) is 0 Å². The Morgan fingerprint density at radius 1 is 1.00 bits per heavy atom. The Kier molecular flexibility index (Phi) is 6.19. The molecule has 7 nitrogen and oxygen atoms in total. The molecule has 2 heterocycles. The molecular formula is C20H19N3O4. The summed E-state index contributed by atoms with van der Waals surface area (Å²) in [6, 6.07) is 16.5. The Morgan fingerprint density at radius 2 is 1.85 bits per heavy atom. The molecule has 138 valence electrons. The van der Waals surface area contributed by atoms with Gasteiger partial charge in [-0.1, -0.05) is 30.3 Å². The average molecular weight is 365 g/mol. The van der Waals surface area contributed by atoms with Crippen molar-refractivity contribution in [3.05, 3.63) is 83.9 Å². The summed E-state index contributed by atoms with van der Waals surface area (Å²) >= 11 is 0. The molecule has 0 aliphatic carbocycles. The second-order valence-corrected chi connectivity index (χ2v) is 5.71. The first-order valence-electron chi connectivity index (χ1n) is 8.41. The van der Waals surface area contributed by atoms with Gasteiger partial charge in [0.2, 0.25) is 11.8 Å². The van der Waals surface area contributed by atoms with Crippen molar-refractivity contribution in [2.75, 3.05) is 6.54 Å². The number of nitrogens with one attached hydrogen (secondary N) is 2. The summed E-state index contributed by atoms with van der Waals surface area (Å²) in [5.41, 5.74) is 1.89. The molecule has 7 heteroatoms. The third-order valence-corrected chi connectivity index (χ3v) is 3.67. The Bertz CT molecular complexity index is 879. The van der Waals surface area contributed by atoms with Gasteiger partial charge in [-0.2, -0.15) is 0 Å². The molecule has 0 atom stereocenters. The third kappa shape index (κ3) is 5.71. The molecule has 0 saturated heterocycles. The Labute approximate surface area is 156 Å². The molecule has 0 radical (unpaired) electrons. The van der Waals surface area contributed by atoms with Crippen LogP contribution in [0.1, 0.15) is 21.7 Å². The molecule has 3 rings (SSSR count). The summed E-state index contributed by atoms with van der Waals surface area (Å²) in [5, 5.41) is 5.22. The molecular weight excluding hydrogens is 346 g/mol. The maximum atomic E-state index is 11.9. The van der Waals surface area contributed by atoms with Gasteiger partial charge in [0.05, 0.1) is 12.8 Å². The van der Waals surface area contributed by atoms with Crippen molar-refractivity contribution in [1.29, 1.82) is 0 Å². The number of rotatable bonds is 8. The maximum Gasteiger partial charge on any atom is 0.287 e. The number of furan rings is 1. The number of benzene rings is 1. The van der Waals surface area contributed by atoms with Crippen molar-refractivity contribution < 1.29 is 18.7 Å². The normalized spacial score (nSPS) is 10.2. The fourth-order valence-electron chi connectivity index (χ4n) is 2.29. The van der Waals surface area contributed by atoms with Crippen LogP contribution in [0.4, 0.5) is 0 Å². The summed E-state index contributed by atoms with van der Waals surface area (Å²) < 4.78 is 10.6. The van der Waals surface area contributed by atoms with E-state index >= 15 is 0 Å². The molecule has 2 aromatic heterocycles. The zero-order valence-electron chi connectivity index (χ0n) is 14.6. The lowest BCUT2D eigenvalue weighted by Crippen LogP contribution is -2.36. The van der Waals surface area contributed by atoms with Crippen LogP contribution in [-0.2, 0) is 17.9 Å². The zero-order chi connectivity index (χ0) is 18.9. The molecule has 2 N–H and O–H groups in total. The van der Waals surface area contributed by atoms with Gasteiger partial charge in [-0.05, 0) is 29.3 Å². The van der Waals surface area contributed by atoms with Gasteiger partial charge in [-0.15, -0.1) is 0 Å². The molecule has 0 fully saturated rings. The Balaban J connectivity index is 1.43. The van der Waals surface area contributed by atoms with E-state index in [4.69, 9.17) is 9.15 Å². The molecule has 1 aromatic carbocycles. The van der Waals surface area contributed by atoms with Gasteiger partial charge in [0.25, 0.3) is 5.91 Å². The highest BCUT2D eigenvalue weighted by molar-refractivity contribution is 5.94. The van der Waals surface area contributed by atoms with E-state index in [0.29, 0.717) is 19.0 Å². The first-order chi connectivity index (χ1) is 13.2. The SMILES string of the molecule is O=C(CNC(=O)c1ccco1)NCc1ccnc(OCc2ccccc2)c1. The number of pyridine rings is 1. The minimum absolute atomic E-state index is 0.137. The van der Waals surface area contributed by atoms with E-state index in [9.17, 15) is 9.59 Å². The second-order valence-electron chi connectivity index (χ2n) is 5.71. The van der Waals surface area contributed by atoms with Gasteiger partial charge >= 0.3 is 0 Å². The van der Waals surface area contributed by atoms with Gasteiger partial charge in [-0.3, -0.25) is 9.59 Å². The number of carbonyl (C=O) groups excluding carboxylic acids is 2. The van der Waals surface area contributed by atoms with E-state index in [-0.39, 0.29) is 18.2 Å². The molecule has 0 aliphatic heterocycles. The van der Waals surface area contributed by atoms with Gasteiger partial charge in [0.15, 0.2) is 5.76 Å². The fourth-order valence-corrected chi connectivity index (χ4v) is 2.29. The largest absolute Gasteiger partial charge is 0.473 e. The quantitative estimate of drug-likeness (QED) is 0.639. The number of carbonyl (C=O) groups is 2. The second kappa shape index (κ2) is 9.19. The molecule has 0 aliphatic rings. The van der Waals surface area contributed by atoms with Crippen LogP contribution in [0, 0.1) is 0 Å². The number of nitrogens with zero attached hydrogens (tertiary/aromatic N) is 1. The van der Waals surface area contributed by atoms with Crippen LogP contribution < -0.4 is 15.4 Å². The van der Waals surface area contributed by atoms with E-state index in [1.54, 1.807) is 24.4 Å². The van der Waals surface area contributed by atoms with E-state index in [0.717, 1.165) is 11.1 Å². The van der Waals surface area contributed by atoms with Crippen molar-refractivity contribution in [3.8, 4) is 5.88 Å². The molecule has 0 unspecified atom stereocenters. The molecule has 27 heavy (non-hydrogen) atoms. The van der Waals surface area contributed by atoms with Crippen LogP contribution in [0.15, 0.2) is 71.5 Å². The number of hydrogen-bond acceptors (Lipinski definition) is 5. The first kappa shape index (κ1) is 18.2. The predicted octanol–water partition coefficient (Wildman–Crippen LogP) is 2.30. The summed E-state index contributed by atoms with van der Waals surface area (Å²) in [5.74, 6) is -0.0944. The van der Waals surface area contributed by atoms with Gasteiger partial charge in [-0.25, -0.2) is 4.98 Å². The highest BCUT2D eigenvalue weighted by atomic mass is 16.5. The monoisotopic (exact) mass is 365 g/mol. The van der Waals surface area contributed by atoms with Crippen LogP contribution in [-0.4, -0.2) is 23.3 Å². The lowest BCUT2D eigenvalue weighted by atomic mass is 10.2. The Hall–Kier alpha value is -3.61. The number of aromatic nitrogens is 1. The number of ether oxygens (including phenoxy) is 1. The lowest BCUT2D eigenvalue weighted by molar-refractivity contribution is -0.120. The van der Waals surface area contributed by atoms with Gasteiger partial charge < -0.3 is 19.8 Å². The van der Waals surface area contributed by atoms with Crippen LogP contribution in [0.5, 0.6) is 5.88 Å². The zero-order valence-corrected chi connectivity index (χ0v) is 14.6. The molecule has 0 spiro atoms. The molecule has 3 aromatic rings. The third-order valence-electron chi connectivity index (χ3n) is 3.67. The van der Waals surface area contributed by atoms with Crippen molar-refractivity contribution in [1.82, 2.24) is 15.6 Å². The molecule has 2 amide bonds. The van der Waals surface area contributed by atoms with E-state index < -0.39 is 5.91 Å². The highest BCUT2D eigenvalue weighted by Crippen LogP contribution is 2.11. The van der Waals surface area contributed by atoms with Crippen LogP contribution in [0.2, 0.25) is 0 Å². The highest BCUT2D eigenvalue weighted by Gasteiger charge is 2.10. The lowest BCUT2D eigenvalue weighted by Gasteiger charge is -2.09. The smallest absolute Gasteiger partial charge is 0.287 e. The van der Waals surface area contributed by atoms with Crippen molar-refractivity contribution in [3.63, 3.8) is 0 Å². The summed E-state index contributed by atoms with van der Waals surface area (Å²) in [4.78, 5) is 27.8. The summed E-state index contributed by atoms with van der Waals surface area (Å²) in [6.45, 7) is 0.587. The minimum atomic E-state index is -0.435. The van der Waals surface area contributed by atoms with Crippen LogP contribution in [0.3, 0.4) is 0 Å². The van der Waals surface area contributed by atoms with Crippen molar-refractivity contribution in [2.45, 2.75) is 13.2 Å². The maximum absolute atomic E-state index is 11.9. The summed E-state index contributed by atoms with van der Waals surface area (Å²) in [6.07, 6.45) is 3.02. The molecule has 0 saturated carbocycles. The van der Waals surface area contributed by atoms with Gasteiger partial charge in [0, 0.05) is 18.8 Å². The minimum Gasteiger partial charge on any atom is -0.473 e. The number of amides is 2. The summed E-state index contributed by atoms with van der Waals surface area (Å²) in [7, 11) is 0. The first-order valence-corrected chi connectivity index (χ1v) is 8.41. The van der Waals surface area contributed by atoms with Crippen LogP contribution >= 0.6 is 0 Å². The topological polar surface area (TPSA) is 93.5 Å². The average Bonchev–Trinajstić information content (AvgIpc) is 3.25. The van der Waals surface area contributed by atoms with Crippen molar-refractivity contribution in [2.24, 2.45) is 0 Å². The van der Waals surface area contributed by atoms with E-state index in [2.05, 4.69) is 15.6 Å². The van der Waals surface area contributed by atoms with E-state index in [1.165, 1.54) is 12.3 Å². The molecule has 0 bridgehead atoms. The van der Waals surface area contributed by atoms with E-state index in [1.807, 2.05) is 30.3 Å². The number of hydrogen-bond donors (Lipinski definition) is 2. The van der Waals surface area contributed by atoms with Gasteiger partial charge in [0.1, 0.15) is 6.61 Å². The van der Waals surface area contributed by atoms with Crippen molar-refractivity contribution >= 4 is 11.8 Å². The standard InChI is InChI=1S/C20H19N3O4/c24-18(13-23-20(25)17-7-4-10-26-17)22-12-16-8-9-21-19(11-16)27-14-15-5-2-1-3-6-15/h1-11H,12-14H2,(H,22,24)(H,23,25). The Morgan fingerprint density at radius 3 is 2.63 bits per heavy atom.